The van der Waals surface area contributed by atoms with Crippen molar-refractivity contribution in [1.82, 2.24) is 14.0 Å². The van der Waals surface area contributed by atoms with Gasteiger partial charge in [0.15, 0.2) is 5.76 Å². The number of amides is 1. The molecule has 9 heteroatoms. The summed E-state index contributed by atoms with van der Waals surface area (Å²) in [6, 6.07) is 4.54. The number of hydrogen-bond donors (Lipinski definition) is 0. The lowest BCUT2D eigenvalue weighted by atomic mass is 9.97. The van der Waals surface area contributed by atoms with Crippen molar-refractivity contribution in [2.75, 3.05) is 13.1 Å². The first-order valence-corrected chi connectivity index (χ1v) is 8.64. The first-order chi connectivity index (χ1) is 12.9. The lowest BCUT2D eigenvalue weighted by molar-refractivity contribution is -0.151. The summed E-state index contributed by atoms with van der Waals surface area (Å²) in [6.07, 6.45) is 2.42. The molecule has 0 spiro atoms. The molecule has 1 amide bonds. The molecule has 3 rings (SSSR count). The quantitative estimate of drug-likeness (QED) is 0.711. The molecule has 1 aliphatic heterocycles. The Balaban J connectivity index is 1.55. The van der Waals surface area contributed by atoms with Crippen LogP contribution in [0.5, 0.6) is 0 Å². The molecule has 27 heavy (non-hydrogen) atoms. The van der Waals surface area contributed by atoms with E-state index < -0.39 is 17.2 Å². The zero-order valence-electron chi connectivity index (χ0n) is 15.2. The van der Waals surface area contributed by atoms with Crippen LogP contribution in [0.4, 0.5) is 0 Å². The van der Waals surface area contributed by atoms with Crippen LogP contribution in [0.1, 0.15) is 29.1 Å². The number of hydrogen-bond acceptors (Lipinski definition) is 6. The number of nitrogens with zero attached hydrogens (tertiary/aromatic N) is 3. The summed E-state index contributed by atoms with van der Waals surface area (Å²) in [6.45, 7) is 0.722. The Morgan fingerprint density at radius 3 is 2.52 bits per heavy atom. The van der Waals surface area contributed by atoms with Gasteiger partial charge in [-0.15, -0.1) is 0 Å². The van der Waals surface area contributed by atoms with E-state index >= 15 is 0 Å². The van der Waals surface area contributed by atoms with Gasteiger partial charge >= 0.3 is 11.7 Å². The Labute approximate surface area is 154 Å². The lowest BCUT2D eigenvalue weighted by Crippen LogP contribution is -2.41. The normalized spacial score (nSPS) is 15.0. The van der Waals surface area contributed by atoms with Crippen molar-refractivity contribution in [2.45, 2.75) is 19.4 Å². The predicted molar refractivity (Wildman–Crippen MR) is 94.1 cm³/mol. The monoisotopic (exact) mass is 375 g/mol. The number of piperidine rings is 1. The van der Waals surface area contributed by atoms with E-state index in [1.54, 1.807) is 17.0 Å². The summed E-state index contributed by atoms with van der Waals surface area (Å²) in [7, 11) is 2.90. The second-order valence-electron chi connectivity index (χ2n) is 6.53. The fourth-order valence-electron chi connectivity index (χ4n) is 3.05. The molecule has 2 aromatic heterocycles. The van der Waals surface area contributed by atoms with Crippen LogP contribution in [-0.4, -0.2) is 39.0 Å². The number of likely N-dealkylation sites (tertiary alicyclic amines) is 1. The Morgan fingerprint density at radius 1 is 1.19 bits per heavy atom. The molecular formula is C18H21N3O6. The Hall–Kier alpha value is -3.10. The molecule has 1 saturated heterocycles. The second kappa shape index (κ2) is 7.65. The van der Waals surface area contributed by atoms with Gasteiger partial charge in [0.25, 0.3) is 11.5 Å². The fourth-order valence-corrected chi connectivity index (χ4v) is 3.05. The molecule has 3 heterocycles. The summed E-state index contributed by atoms with van der Waals surface area (Å²) in [5, 5.41) is 0. The van der Waals surface area contributed by atoms with Crippen LogP contribution in [0.2, 0.25) is 0 Å². The molecule has 0 unspecified atom stereocenters. The average Bonchev–Trinajstić information content (AvgIpc) is 3.22. The number of ether oxygens (including phenoxy) is 1. The highest BCUT2D eigenvalue weighted by Gasteiger charge is 2.29. The minimum Gasteiger partial charge on any atom is -0.459 e. The van der Waals surface area contributed by atoms with E-state index in [4.69, 9.17) is 9.15 Å². The van der Waals surface area contributed by atoms with E-state index in [2.05, 4.69) is 0 Å². The number of carbonyl (C=O) groups is 2. The summed E-state index contributed by atoms with van der Waals surface area (Å²) in [5.74, 6) is -0.632. The van der Waals surface area contributed by atoms with Gasteiger partial charge in [-0.05, 0) is 25.0 Å². The number of aromatic nitrogens is 2. The SMILES string of the molecule is Cn1c(COC(=O)C2CCN(C(=O)c3ccco3)CC2)cc(=O)n(C)c1=O. The highest BCUT2D eigenvalue weighted by atomic mass is 16.5. The molecule has 0 bridgehead atoms. The third-order valence-corrected chi connectivity index (χ3v) is 4.84. The van der Waals surface area contributed by atoms with Crippen LogP contribution < -0.4 is 11.2 Å². The van der Waals surface area contributed by atoms with Crippen LogP contribution in [-0.2, 0) is 30.2 Å². The van der Waals surface area contributed by atoms with E-state index in [1.807, 2.05) is 0 Å². The van der Waals surface area contributed by atoms with E-state index in [1.165, 1.54) is 31.0 Å². The fraction of sp³-hybridized carbons (Fsp3) is 0.444. The van der Waals surface area contributed by atoms with Crippen molar-refractivity contribution in [3.8, 4) is 0 Å². The smallest absolute Gasteiger partial charge is 0.330 e. The Morgan fingerprint density at radius 2 is 1.89 bits per heavy atom. The maximum atomic E-state index is 12.3. The van der Waals surface area contributed by atoms with Crippen LogP contribution >= 0.6 is 0 Å². The van der Waals surface area contributed by atoms with Crippen molar-refractivity contribution in [3.63, 3.8) is 0 Å². The van der Waals surface area contributed by atoms with Gasteiger partial charge in [0, 0.05) is 33.3 Å². The van der Waals surface area contributed by atoms with Crippen LogP contribution in [0.25, 0.3) is 0 Å². The van der Waals surface area contributed by atoms with Gasteiger partial charge in [-0.1, -0.05) is 0 Å². The second-order valence-corrected chi connectivity index (χ2v) is 6.53. The van der Waals surface area contributed by atoms with Gasteiger partial charge in [-0.25, -0.2) is 4.79 Å². The number of esters is 1. The van der Waals surface area contributed by atoms with Crippen LogP contribution in [0, 0.1) is 5.92 Å². The zero-order chi connectivity index (χ0) is 19.6. The van der Waals surface area contributed by atoms with Crippen molar-refractivity contribution in [1.29, 1.82) is 0 Å². The van der Waals surface area contributed by atoms with Gasteiger partial charge in [-0.3, -0.25) is 23.5 Å². The molecule has 0 aromatic carbocycles. The van der Waals surface area contributed by atoms with E-state index in [9.17, 15) is 19.2 Å². The first-order valence-electron chi connectivity index (χ1n) is 8.64. The van der Waals surface area contributed by atoms with Gasteiger partial charge in [0.2, 0.25) is 0 Å². The zero-order valence-corrected chi connectivity index (χ0v) is 15.2. The molecule has 0 aliphatic carbocycles. The van der Waals surface area contributed by atoms with Gasteiger partial charge in [0.1, 0.15) is 6.61 Å². The third kappa shape index (κ3) is 3.86. The van der Waals surface area contributed by atoms with Crippen LogP contribution in [0.15, 0.2) is 38.5 Å². The number of carbonyl (C=O) groups excluding carboxylic acids is 2. The largest absolute Gasteiger partial charge is 0.459 e. The Bertz CT molecular complexity index is 948. The summed E-state index contributed by atoms with van der Waals surface area (Å²) in [4.78, 5) is 49.8. The molecule has 0 N–H and O–H groups in total. The van der Waals surface area contributed by atoms with Crippen molar-refractivity contribution >= 4 is 11.9 Å². The van der Waals surface area contributed by atoms with Gasteiger partial charge in [-0.2, -0.15) is 0 Å². The van der Waals surface area contributed by atoms with E-state index in [-0.39, 0.29) is 24.2 Å². The first kappa shape index (κ1) is 18.7. The minimum absolute atomic E-state index is 0.147. The minimum atomic E-state index is -0.474. The molecule has 1 aliphatic rings. The maximum absolute atomic E-state index is 12.3. The van der Waals surface area contributed by atoms with Gasteiger partial charge < -0.3 is 14.1 Å². The molecule has 9 nitrogen and oxygen atoms in total. The summed E-state index contributed by atoms with van der Waals surface area (Å²) >= 11 is 0. The topological polar surface area (TPSA) is 104 Å². The molecule has 0 saturated carbocycles. The lowest BCUT2D eigenvalue weighted by Gasteiger charge is -2.30. The number of rotatable bonds is 4. The standard InChI is InChI=1S/C18H21N3O6/c1-19-13(10-15(22)20(2)18(19)25)11-27-17(24)12-5-7-21(8-6-12)16(23)14-4-3-9-26-14/h3-4,9-10,12H,5-8,11H2,1-2H3. The molecule has 144 valence electrons. The molecule has 1 fully saturated rings. The molecule has 0 atom stereocenters. The Kier molecular flexibility index (Phi) is 5.29. The van der Waals surface area contributed by atoms with Crippen molar-refractivity contribution < 1.29 is 18.7 Å². The number of furan rings is 1. The predicted octanol–water partition coefficient (Wildman–Crippen LogP) is 0.273. The average molecular weight is 375 g/mol. The third-order valence-electron chi connectivity index (χ3n) is 4.84. The van der Waals surface area contributed by atoms with E-state index in [0.29, 0.717) is 31.6 Å². The summed E-state index contributed by atoms with van der Waals surface area (Å²) < 4.78 is 12.7. The highest BCUT2D eigenvalue weighted by Crippen LogP contribution is 2.21. The van der Waals surface area contributed by atoms with Crippen molar-refractivity contribution in [3.05, 3.63) is 56.8 Å². The maximum Gasteiger partial charge on any atom is 0.330 e. The van der Waals surface area contributed by atoms with Crippen molar-refractivity contribution in [2.24, 2.45) is 20.0 Å². The highest BCUT2D eigenvalue weighted by molar-refractivity contribution is 5.91. The van der Waals surface area contributed by atoms with Crippen LogP contribution in [0.3, 0.4) is 0 Å². The summed E-state index contributed by atoms with van der Waals surface area (Å²) in [5.41, 5.74) is -0.589. The molecule has 0 radical (unpaired) electrons. The van der Waals surface area contributed by atoms with Gasteiger partial charge in [0.05, 0.1) is 17.9 Å². The van der Waals surface area contributed by atoms with E-state index in [0.717, 1.165) is 4.57 Å². The molecular weight excluding hydrogens is 354 g/mol. The molecule has 2 aromatic rings.